The fraction of sp³-hybridized carbons (Fsp3) is 0.500. The maximum absolute atomic E-state index is 10.8. The first kappa shape index (κ1) is 6.85. The van der Waals surface area contributed by atoms with Crippen molar-refractivity contribution in [3.63, 3.8) is 0 Å². The minimum absolute atomic E-state index is 0.142. The number of rotatable bonds is 0. The van der Waals surface area contributed by atoms with Gasteiger partial charge in [0, 0.05) is 6.54 Å². The fourth-order valence-electron chi connectivity index (χ4n) is 1.41. The number of cyclic esters (lactones) is 1. The predicted molar refractivity (Wildman–Crippen MR) is 39.5 cm³/mol. The normalized spacial score (nSPS) is 31.3. The van der Waals surface area contributed by atoms with Crippen LogP contribution in [-0.2, 0) is 9.53 Å². The lowest BCUT2D eigenvalue weighted by Crippen LogP contribution is -2.45. The van der Waals surface area contributed by atoms with Gasteiger partial charge in [-0.05, 0) is 6.42 Å². The number of hydrogen-bond donors (Lipinski definition) is 0. The topological polar surface area (TPSA) is 29.5 Å². The molecule has 0 aromatic heterocycles. The van der Waals surface area contributed by atoms with Crippen LogP contribution >= 0.6 is 0 Å². The van der Waals surface area contributed by atoms with Crippen molar-refractivity contribution in [2.24, 2.45) is 0 Å². The summed E-state index contributed by atoms with van der Waals surface area (Å²) in [4.78, 5) is 12.9. The molecule has 2 aliphatic heterocycles. The van der Waals surface area contributed by atoms with Crippen molar-refractivity contribution in [2.75, 3.05) is 13.1 Å². The number of nitrogens with zero attached hydrogens (tertiary/aromatic N) is 1. The van der Waals surface area contributed by atoms with Crippen LogP contribution in [-0.4, -0.2) is 30.0 Å². The van der Waals surface area contributed by atoms with E-state index < -0.39 is 0 Å². The Bertz CT molecular complexity index is 200. The Labute approximate surface area is 65.6 Å². The Morgan fingerprint density at radius 2 is 2.55 bits per heavy atom. The molecule has 0 bridgehead atoms. The van der Waals surface area contributed by atoms with Crippen LogP contribution in [0.1, 0.15) is 6.42 Å². The van der Waals surface area contributed by atoms with Gasteiger partial charge < -0.3 is 4.74 Å². The first-order valence-corrected chi connectivity index (χ1v) is 3.80. The molecular weight excluding hydrogens is 142 g/mol. The fourth-order valence-corrected chi connectivity index (χ4v) is 1.41. The van der Waals surface area contributed by atoms with Gasteiger partial charge in [0.25, 0.3) is 0 Å². The lowest BCUT2D eigenvalue weighted by atomic mass is 10.1. The SMILES string of the molecule is O=C1CN2CCC=CC2[CH]O1. The van der Waals surface area contributed by atoms with E-state index in [0.29, 0.717) is 6.54 Å². The minimum Gasteiger partial charge on any atom is -0.455 e. The van der Waals surface area contributed by atoms with Crippen molar-refractivity contribution in [3.8, 4) is 0 Å². The van der Waals surface area contributed by atoms with Crippen LogP contribution in [0.25, 0.3) is 0 Å². The van der Waals surface area contributed by atoms with E-state index in [4.69, 9.17) is 4.74 Å². The van der Waals surface area contributed by atoms with Gasteiger partial charge in [0.1, 0.15) is 0 Å². The standard InChI is InChI=1S/C8H10NO2/c10-8-5-9-4-2-1-3-7(9)6-11-8/h1,3,6-7H,2,4-5H2. The number of hydrogen-bond acceptors (Lipinski definition) is 3. The number of fused-ring (bicyclic) bond motifs is 1. The van der Waals surface area contributed by atoms with E-state index in [9.17, 15) is 4.79 Å². The Kier molecular flexibility index (Phi) is 1.66. The van der Waals surface area contributed by atoms with E-state index >= 15 is 0 Å². The van der Waals surface area contributed by atoms with E-state index in [0.717, 1.165) is 13.0 Å². The highest BCUT2D eigenvalue weighted by molar-refractivity contribution is 5.73. The van der Waals surface area contributed by atoms with E-state index in [2.05, 4.69) is 17.1 Å². The molecule has 0 saturated carbocycles. The van der Waals surface area contributed by atoms with Crippen molar-refractivity contribution in [1.29, 1.82) is 0 Å². The van der Waals surface area contributed by atoms with E-state index in [1.807, 2.05) is 0 Å². The monoisotopic (exact) mass is 152 g/mol. The molecular formula is C8H10NO2. The summed E-state index contributed by atoms with van der Waals surface area (Å²) in [5.41, 5.74) is 0. The zero-order valence-corrected chi connectivity index (χ0v) is 6.19. The zero-order chi connectivity index (χ0) is 7.68. The molecule has 3 heteroatoms. The summed E-state index contributed by atoms with van der Waals surface area (Å²) in [5, 5.41) is 0. The largest absolute Gasteiger partial charge is 0.455 e. The number of ether oxygens (including phenoxy) is 1. The maximum Gasteiger partial charge on any atom is 0.320 e. The number of carbonyl (C=O) groups is 1. The van der Waals surface area contributed by atoms with Crippen molar-refractivity contribution in [3.05, 3.63) is 18.8 Å². The molecule has 1 saturated heterocycles. The third kappa shape index (κ3) is 1.28. The van der Waals surface area contributed by atoms with Crippen LogP contribution in [0.3, 0.4) is 0 Å². The van der Waals surface area contributed by atoms with Crippen molar-refractivity contribution >= 4 is 5.97 Å². The Hall–Kier alpha value is -0.830. The molecule has 3 nitrogen and oxygen atoms in total. The number of esters is 1. The van der Waals surface area contributed by atoms with Gasteiger partial charge in [0.05, 0.1) is 12.6 Å². The third-order valence-electron chi connectivity index (χ3n) is 2.01. The van der Waals surface area contributed by atoms with E-state index in [1.165, 1.54) is 0 Å². The summed E-state index contributed by atoms with van der Waals surface area (Å²) in [5.74, 6) is -0.142. The predicted octanol–water partition coefficient (Wildman–Crippen LogP) is 0.335. The van der Waals surface area contributed by atoms with Crippen LogP contribution in [0.4, 0.5) is 0 Å². The summed E-state index contributed by atoms with van der Waals surface area (Å²) in [6, 6.07) is 0.224. The van der Waals surface area contributed by atoms with Gasteiger partial charge in [-0.25, -0.2) is 0 Å². The van der Waals surface area contributed by atoms with E-state index in [1.54, 1.807) is 6.61 Å². The summed E-state index contributed by atoms with van der Waals surface area (Å²) >= 11 is 0. The van der Waals surface area contributed by atoms with Gasteiger partial charge in [-0.3, -0.25) is 9.69 Å². The second-order valence-corrected chi connectivity index (χ2v) is 2.80. The molecule has 59 valence electrons. The molecule has 0 N–H and O–H groups in total. The first-order valence-electron chi connectivity index (χ1n) is 3.80. The van der Waals surface area contributed by atoms with Gasteiger partial charge in [0.2, 0.25) is 0 Å². The molecule has 0 aliphatic carbocycles. The smallest absolute Gasteiger partial charge is 0.320 e. The van der Waals surface area contributed by atoms with E-state index in [-0.39, 0.29) is 12.0 Å². The molecule has 1 radical (unpaired) electrons. The van der Waals surface area contributed by atoms with Crippen LogP contribution in [0.15, 0.2) is 12.2 Å². The van der Waals surface area contributed by atoms with Crippen LogP contribution in [0.2, 0.25) is 0 Å². The Balaban J connectivity index is 2.07. The van der Waals surface area contributed by atoms with Gasteiger partial charge in [-0.2, -0.15) is 0 Å². The lowest BCUT2D eigenvalue weighted by molar-refractivity contribution is -0.147. The average Bonchev–Trinajstić information content (AvgIpc) is 2.04. The molecule has 0 spiro atoms. The second kappa shape index (κ2) is 2.66. The molecule has 2 heterocycles. The Morgan fingerprint density at radius 3 is 3.45 bits per heavy atom. The molecule has 0 aromatic carbocycles. The minimum atomic E-state index is -0.142. The van der Waals surface area contributed by atoms with Crippen LogP contribution in [0, 0.1) is 6.61 Å². The van der Waals surface area contributed by atoms with Crippen LogP contribution < -0.4 is 0 Å². The average molecular weight is 152 g/mol. The highest BCUT2D eigenvalue weighted by atomic mass is 16.5. The van der Waals surface area contributed by atoms with Crippen molar-refractivity contribution < 1.29 is 9.53 Å². The quantitative estimate of drug-likeness (QED) is 0.370. The zero-order valence-electron chi connectivity index (χ0n) is 6.19. The summed E-state index contributed by atoms with van der Waals surface area (Å²) in [7, 11) is 0. The molecule has 1 unspecified atom stereocenters. The van der Waals surface area contributed by atoms with Gasteiger partial charge in [-0.15, -0.1) is 0 Å². The molecule has 1 fully saturated rings. The molecule has 11 heavy (non-hydrogen) atoms. The lowest BCUT2D eigenvalue weighted by Gasteiger charge is -2.33. The Morgan fingerprint density at radius 1 is 1.64 bits per heavy atom. The van der Waals surface area contributed by atoms with Crippen LogP contribution in [0.5, 0.6) is 0 Å². The summed E-state index contributed by atoms with van der Waals surface area (Å²) in [6.07, 6.45) is 5.23. The molecule has 2 rings (SSSR count). The van der Waals surface area contributed by atoms with Gasteiger partial charge >= 0.3 is 5.97 Å². The summed E-state index contributed by atoms with van der Waals surface area (Å²) < 4.78 is 4.79. The number of carbonyl (C=O) groups excluding carboxylic acids is 1. The maximum atomic E-state index is 10.8. The van der Waals surface area contributed by atoms with Gasteiger partial charge in [0.15, 0.2) is 6.61 Å². The van der Waals surface area contributed by atoms with Gasteiger partial charge in [-0.1, -0.05) is 12.2 Å². The van der Waals surface area contributed by atoms with Crippen molar-refractivity contribution in [1.82, 2.24) is 4.90 Å². The highest BCUT2D eigenvalue weighted by Gasteiger charge is 2.27. The third-order valence-corrected chi connectivity index (χ3v) is 2.01. The molecule has 2 aliphatic rings. The molecule has 0 aromatic rings. The molecule has 0 amide bonds. The summed E-state index contributed by atoms with van der Waals surface area (Å²) in [6.45, 7) is 3.00. The molecule has 1 atom stereocenters. The first-order chi connectivity index (χ1) is 5.36. The second-order valence-electron chi connectivity index (χ2n) is 2.80. The van der Waals surface area contributed by atoms with Crippen molar-refractivity contribution in [2.45, 2.75) is 12.5 Å². The number of morpholine rings is 1. The highest BCUT2D eigenvalue weighted by Crippen LogP contribution is 2.16.